The van der Waals surface area contributed by atoms with E-state index in [4.69, 9.17) is 18.9 Å². The molecule has 45 heavy (non-hydrogen) atoms. The molecule has 0 bridgehead atoms. The van der Waals surface area contributed by atoms with Gasteiger partial charge in [0, 0.05) is 56.2 Å². The minimum Gasteiger partial charge on any atom is -0.494 e. The van der Waals surface area contributed by atoms with Gasteiger partial charge in [0.25, 0.3) is 0 Å². The molecule has 1 saturated heterocycles. The number of hydrogen-bond acceptors (Lipinski definition) is 10. The molecule has 1 fully saturated rings. The lowest BCUT2D eigenvalue weighted by Gasteiger charge is -2.28. The molecule has 2 aromatic rings. The van der Waals surface area contributed by atoms with Gasteiger partial charge in [-0.25, -0.2) is 0 Å². The van der Waals surface area contributed by atoms with Crippen molar-refractivity contribution in [3.05, 3.63) is 41.5 Å². The number of imide groups is 1. The summed E-state index contributed by atoms with van der Waals surface area (Å²) in [4.78, 5) is 48.6. The number of amides is 4. The number of aryl methyl sites for hydroxylation is 2. The van der Waals surface area contributed by atoms with Crippen LogP contribution in [-0.4, -0.2) is 109 Å². The molecule has 4 N–H and O–H groups in total. The fourth-order valence-electron chi connectivity index (χ4n) is 4.31. The zero-order chi connectivity index (χ0) is 32.4. The second kappa shape index (κ2) is 19.4. The molecule has 0 radical (unpaired) electrons. The van der Waals surface area contributed by atoms with Crippen LogP contribution >= 0.6 is 0 Å². The summed E-state index contributed by atoms with van der Waals surface area (Å²) in [6.45, 7) is 5.57. The van der Waals surface area contributed by atoms with Crippen LogP contribution in [0, 0.1) is 6.92 Å². The molecule has 0 saturated carbocycles. The molecule has 1 aromatic carbocycles. The van der Waals surface area contributed by atoms with Gasteiger partial charge in [-0.15, -0.1) is 0 Å². The molecule has 0 atom stereocenters. The third kappa shape index (κ3) is 12.9. The van der Waals surface area contributed by atoms with E-state index in [2.05, 4.69) is 10.6 Å². The first-order valence-electron chi connectivity index (χ1n) is 15.1. The number of nitrogens with one attached hydrogen (secondary N) is 2. The van der Waals surface area contributed by atoms with Crippen molar-refractivity contribution in [3.63, 3.8) is 0 Å². The Bertz CT molecular complexity index is 1250. The van der Waals surface area contributed by atoms with Crippen LogP contribution in [0.25, 0.3) is 0 Å². The van der Waals surface area contributed by atoms with Crippen molar-refractivity contribution in [2.45, 2.75) is 45.6 Å². The normalized spacial score (nSPS) is 12.6. The van der Waals surface area contributed by atoms with E-state index in [9.17, 15) is 29.4 Å². The third-order valence-corrected chi connectivity index (χ3v) is 6.97. The van der Waals surface area contributed by atoms with E-state index in [0.717, 1.165) is 5.56 Å². The average Bonchev–Trinajstić information content (AvgIpc) is 3.26. The molecular formula is C31H44N4O10. The van der Waals surface area contributed by atoms with Gasteiger partial charge >= 0.3 is 0 Å². The van der Waals surface area contributed by atoms with Crippen LogP contribution in [0.3, 0.4) is 0 Å². The summed E-state index contributed by atoms with van der Waals surface area (Å²) in [7, 11) is 0. The Labute approximate surface area is 262 Å². The van der Waals surface area contributed by atoms with E-state index >= 15 is 0 Å². The number of β-lactam (4-membered cyclic amide) rings is 1. The molecule has 0 unspecified atom stereocenters. The highest BCUT2D eigenvalue weighted by Gasteiger charge is 2.29. The van der Waals surface area contributed by atoms with E-state index in [-0.39, 0.29) is 67.8 Å². The first-order valence-corrected chi connectivity index (χ1v) is 15.1. The van der Waals surface area contributed by atoms with Gasteiger partial charge in [0.15, 0.2) is 11.8 Å². The summed E-state index contributed by atoms with van der Waals surface area (Å²) in [5, 5.41) is 25.1. The molecule has 0 spiro atoms. The predicted octanol–water partition coefficient (Wildman–Crippen LogP) is 1.50. The van der Waals surface area contributed by atoms with Gasteiger partial charge in [0.2, 0.25) is 23.6 Å². The number of nitrogens with zero attached hydrogens (tertiary/aromatic N) is 2. The molecule has 0 aliphatic carbocycles. The minimum absolute atomic E-state index is 0.0491. The van der Waals surface area contributed by atoms with Crippen molar-refractivity contribution in [1.82, 2.24) is 14.8 Å². The average molecular weight is 633 g/mol. The number of likely N-dealkylation sites (tertiary alicyclic amines) is 1. The summed E-state index contributed by atoms with van der Waals surface area (Å²) in [5.74, 6) is -0.767. The lowest BCUT2D eigenvalue weighted by Crippen LogP contribution is -2.47. The Kier molecular flexibility index (Phi) is 15.3. The third-order valence-electron chi connectivity index (χ3n) is 6.97. The first kappa shape index (κ1) is 35.5. The topological polar surface area (TPSA) is 178 Å². The Morgan fingerprint density at radius 3 is 2.00 bits per heavy atom. The smallest absolute Gasteiger partial charge is 0.230 e. The molecule has 1 aliphatic rings. The number of ether oxygens (including phenoxy) is 4. The molecule has 248 valence electrons. The molecule has 14 heteroatoms. The number of rotatable bonds is 22. The second-order valence-corrected chi connectivity index (χ2v) is 10.4. The minimum atomic E-state index is -0.211. The summed E-state index contributed by atoms with van der Waals surface area (Å²) in [6, 6.07) is 8.71. The standard InChI is InChI=1S/C31H44N4O10/c1-23-22-30(40)35(31(23)41)12-8-26(36)32-11-15-43-17-19-45-21-20-44-18-16-42-14-10-27(37)33-25-5-2-24(3-6-25)4-7-28(38)34-13-9-29(34)39/h2-3,5-6,22,40-41H,4,7-21H2,1H3,(H,32,36)(H,33,37). The van der Waals surface area contributed by atoms with Gasteiger partial charge in [-0.1, -0.05) is 12.1 Å². The molecule has 1 aromatic heterocycles. The van der Waals surface area contributed by atoms with E-state index < -0.39 is 0 Å². The number of benzene rings is 1. The maximum absolute atomic E-state index is 12.1. The number of aromatic hydroxyl groups is 2. The molecular weight excluding hydrogens is 588 g/mol. The van der Waals surface area contributed by atoms with E-state index in [1.807, 2.05) is 12.1 Å². The largest absolute Gasteiger partial charge is 0.494 e. The molecule has 4 amide bonds. The molecule has 14 nitrogen and oxygen atoms in total. The SMILES string of the molecule is Cc1cc(O)n(CCC(=O)NCCOCCOCCOCCOCCC(=O)Nc2ccc(CCC(=O)N3CCC3=O)cc2)c1O. The van der Waals surface area contributed by atoms with Crippen molar-refractivity contribution in [2.24, 2.45) is 0 Å². The van der Waals surface area contributed by atoms with Crippen molar-refractivity contribution in [2.75, 3.05) is 71.3 Å². The highest BCUT2D eigenvalue weighted by Crippen LogP contribution is 2.26. The van der Waals surface area contributed by atoms with Crippen LogP contribution in [0.2, 0.25) is 0 Å². The summed E-state index contributed by atoms with van der Waals surface area (Å²) < 4.78 is 23.0. The summed E-state index contributed by atoms with van der Waals surface area (Å²) in [5.41, 5.74) is 2.16. The zero-order valence-electron chi connectivity index (χ0n) is 25.8. The number of anilines is 1. The van der Waals surface area contributed by atoms with Crippen LogP contribution in [0.15, 0.2) is 30.3 Å². The Hall–Kier alpha value is -3.98. The van der Waals surface area contributed by atoms with Gasteiger partial charge in [0.1, 0.15) is 0 Å². The number of carbonyl (C=O) groups is 4. The molecule has 2 heterocycles. The highest BCUT2D eigenvalue weighted by molar-refractivity contribution is 5.99. The summed E-state index contributed by atoms with van der Waals surface area (Å²) >= 11 is 0. The quantitative estimate of drug-likeness (QED) is 0.110. The maximum Gasteiger partial charge on any atom is 0.230 e. The number of hydrogen-bond donors (Lipinski definition) is 4. The number of aromatic nitrogens is 1. The van der Waals surface area contributed by atoms with Gasteiger partial charge in [-0.05, 0) is 31.0 Å². The zero-order valence-corrected chi connectivity index (χ0v) is 25.8. The maximum atomic E-state index is 12.1. The van der Waals surface area contributed by atoms with Crippen LogP contribution in [-0.2, 0) is 51.1 Å². The van der Waals surface area contributed by atoms with Gasteiger partial charge in [-0.3, -0.25) is 28.6 Å². The lowest BCUT2D eigenvalue weighted by molar-refractivity contribution is -0.152. The molecule has 3 rings (SSSR count). The van der Waals surface area contributed by atoms with Crippen LogP contribution < -0.4 is 10.6 Å². The Balaban J connectivity index is 1.06. The second-order valence-electron chi connectivity index (χ2n) is 10.4. The van der Waals surface area contributed by atoms with Crippen LogP contribution in [0.5, 0.6) is 11.8 Å². The Morgan fingerprint density at radius 2 is 1.44 bits per heavy atom. The first-order chi connectivity index (χ1) is 21.7. The Morgan fingerprint density at radius 1 is 0.822 bits per heavy atom. The van der Waals surface area contributed by atoms with E-state index in [1.165, 1.54) is 15.5 Å². The van der Waals surface area contributed by atoms with Crippen molar-refractivity contribution in [3.8, 4) is 11.8 Å². The van der Waals surface area contributed by atoms with E-state index in [0.29, 0.717) is 83.4 Å². The highest BCUT2D eigenvalue weighted by atomic mass is 16.6. The fourth-order valence-corrected chi connectivity index (χ4v) is 4.31. The van der Waals surface area contributed by atoms with E-state index in [1.54, 1.807) is 19.1 Å². The summed E-state index contributed by atoms with van der Waals surface area (Å²) in [6.07, 6.45) is 1.58. The van der Waals surface area contributed by atoms with Gasteiger partial charge in [0.05, 0.1) is 59.3 Å². The van der Waals surface area contributed by atoms with Gasteiger partial charge < -0.3 is 39.8 Å². The van der Waals surface area contributed by atoms with Crippen LogP contribution in [0.1, 0.15) is 36.8 Å². The predicted molar refractivity (Wildman–Crippen MR) is 163 cm³/mol. The van der Waals surface area contributed by atoms with Crippen molar-refractivity contribution < 1.29 is 48.3 Å². The lowest BCUT2D eigenvalue weighted by atomic mass is 10.1. The monoisotopic (exact) mass is 632 g/mol. The number of carbonyl (C=O) groups excluding carboxylic acids is 4. The van der Waals surface area contributed by atoms with Crippen molar-refractivity contribution >= 4 is 29.3 Å². The molecule has 1 aliphatic heterocycles. The van der Waals surface area contributed by atoms with Gasteiger partial charge in [-0.2, -0.15) is 0 Å². The van der Waals surface area contributed by atoms with Crippen LogP contribution in [0.4, 0.5) is 5.69 Å². The fraction of sp³-hybridized carbons (Fsp3) is 0.548. The van der Waals surface area contributed by atoms with Crippen molar-refractivity contribution in [1.29, 1.82) is 0 Å².